The molecule has 0 saturated heterocycles. The molecule has 2 aromatic rings. The van der Waals surface area contributed by atoms with Gasteiger partial charge in [-0.05, 0) is 50.9 Å². The lowest BCUT2D eigenvalue weighted by Gasteiger charge is -2.06. The molecule has 0 saturated carbocycles. The number of halogens is 2. The summed E-state index contributed by atoms with van der Waals surface area (Å²) in [5.74, 6) is -0.794. The van der Waals surface area contributed by atoms with Gasteiger partial charge in [0.05, 0.1) is 10.7 Å². The summed E-state index contributed by atoms with van der Waals surface area (Å²) in [6.45, 7) is 1.77. The fourth-order valence-electron chi connectivity index (χ4n) is 1.47. The molecule has 21 heavy (non-hydrogen) atoms. The van der Waals surface area contributed by atoms with E-state index in [2.05, 4.69) is 52.6 Å². The first kappa shape index (κ1) is 15.5. The van der Waals surface area contributed by atoms with Crippen LogP contribution in [0.1, 0.15) is 21.7 Å². The molecule has 0 unspecified atom stereocenters. The lowest BCUT2D eigenvalue weighted by molar-refractivity contribution is 0.0950. The first-order valence-corrected chi connectivity index (χ1v) is 7.24. The number of aromatic amines is 1. The Morgan fingerprint density at radius 1 is 1.38 bits per heavy atom. The second-order valence-electron chi connectivity index (χ2n) is 4.09. The fraction of sp³-hybridized carbons (Fsp3) is 0.0833. The number of carbonyl (C=O) groups is 1. The second-order valence-corrected chi connectivity index (χ2v) is 5.74. The van der Waals surface area contributed by atoms with Crippen molar-refractivity contribution in [3.63, 3.8) is 0 Å². The van der Waals surface area contributed by atoms with Crippen molar-refractivity contribution in [3.8, 4) is 11.5 Å². The SMILES string of the molecule is Cc1cc(C(=O)N/N=C/c2cc(Br)c(O)c(Br)c2O)n[nH]1. The molecule has 0 fully saturated rings. The lowest BCUT2D eigenvalue weighted by Crippen LogP contribution is -2.18. The normalized spacial score (nSPS) is 11.0. The zero-order chi connectivity index (χ0) is 15.6. The summed E-state index contributed by atoms with van der Waals surface area (Å²) >= 11 is 6.19. The van der Waals surface area contributed by atoms with Crippen LogP contribution in [0.25, 0.3) is 0 Å². The Bertz CT molecular complexity index is 728. The number of benzene rings is 1. The number of aromatic nitrogens is 2. The van der Waals surface area contributed by atoms with Crippen molar-refractivity contribution >= 4 is 44.0 Å². The molecule has 1 aromatic heterocycles. The summed E-state index contributed by atoms with van der Waals surface area (Å²) in [6, 6.07) is 3.04. The van der Waals surface area contributed by atoms with Crippen molar-refractivity contribution < 1.29 is 15.0 Å². The van der Waals surface area contributed by atoms with Gasteiger partial charge in [-0.15, -0.1) is 0 Å². The Labute approximate surface area is 136 Å². The highest BCUT2D eigenvalue weighted by Crippen LogP contribution is 2.40. The quantitative estimate of drug-likeness (QED) is 0.454. The number of phenols is 2. The third-order valence-electron chi connectivity index (χ3n) is 2.51. The zero-order valence-corrected chi connectivity index (χ0v) is 13.9. The van der Waals surface area contributed by atoms with E-state index in [9.17, 15) is 15.0 Å². The van der Waals surface area contributed by atoms with Gasteiger partial charge in [0.15, 0.2) is 5.69 Å². The van der Waals surface area contributed by atoms with Gasteiger partial charge >= 0.3 is 0 Å². The van der Waals surface area contributed by atoms with E-state index < -0.39 is 5.91 Å². The third kappa shape index (κ3) is 3.42. The van der Waals surface area contributed by atoms with Crippen LogP contribution >= 0.6 is 31.9 Å². The number of hydrogen-bond donors (Lipinski definition) is 4. The summed E-state index contributed by atoms with van der Waals surface area (Å²) in [5, 5.41) is 29.6. The number of rotatable bonds is 3. The number of carbonyl (C=O) groups excluding carboxylic acids is 1. The molecular formula is C12H10Br2N4O3. The molecule has 9 heteroatoms. The molecule has 1 aromatic carbocycles. The van der Waals surface area contributed by atoms with Gasteiger partial charge in [0, 0.05) is 11.3 Å². The third-order valence-corrected chi connectivity index (χ3v) is 3.86. The molecule has 0 spiro atoms. The number of nitrogens with zero attached hydrogens (tertiary/aromatic N) is 2. The molecule has 4 N–H and O–H groups in total. The minimum atomic E-state index is -0.480. The van der Waals surface area contributed by atoms with Gasteiger partial charge in [0.2, 0.25) is 0 Å². The predicted octanol–water partition coefficient (Wildman–Crippen LogP) is 2.42. The Morgan fingerprint density at radius 2 is 2.10 bits per heavy atom. The van der Waals surface area contributed by atoms with Crippen LogP contribution in [0.2, 0.25) is 0 Å². The van der Waals surface area contributed by atoms with E-state index in [-0.39, 0.29) is 21.7 Å². The molecule has 1 heterocycles. The van der Waals surface area contributed by atoms with Crippen molar-refractivity contribution in [2.45, 2.75) is 6.92 Å². The van der Waals surface area contributed by atoms with Gasteiger partial charge in [-0.3, -0.25) is 9.89 Å². The van der Waals surface area contributed by atoms with Crippen LogP contribution in [-0.2, 0) is 0 Å². The predicted molar refractivity (Wildman–Crippen MR) is 83.6 cm³/mol. The van der Waals surface area contributed by atoms with Gasteiger partial charge in [-0.25, -0.2) is 5.43 Å². The smallest absolute Gasteiger partial charge is 0.291 e. The van der Waals surface area contributed by atoms with Crippen LogP contribution in [0.4, 0.5) is 0 Å². The summed E-state index contributed by atoms with van der Waals surface area (Å²) in [4.78, 5) is 11.7. The van der Waals surface area contributed by atoms with E-state index >= 15 is 0 Å². The number of aryl methyl sites for hydroxylation is 1. The molecule has 1 amide bonds. The van der Waals surface area contributed by atoms with Gasteiger partial charge < -0.3 is 10.2 Å². The molecule has 0 aliphatic rings. The molecular weight excluding hydrogens is 408 g/mol. The Morgan fingerprint density at radius 3 is 2.71 bits per heavy atom. The van der Waals surface area contributed by atoms with Gasteiger partial charge in [-0.2, -0.15) is 10.2 Å². The van der Waals surface area contributed by atoms with E-state index in [1.165, 1.54) is 12.3 Å². The molecule has 0 aliphatic carbocycles. The minimum absolute atomic E-state index is 0.124. The fourth-order valence-corrected chi connectivity index (χ4v) is 2.62. The average Bonchev–Trinajstić information content (AvgIpc) is 2.88. The van der Waals surface area contributed by atoms with Crippen molar-refractivity contribution in [2.75, 3.05) is 0 Å². The van der Waals surface area contributed by atoms with E-state index in [0.717, 1.165) is 5.69 Å². The van der Waals surface area contributed by atoms with E-state index in [1.807, 2.05) is 0 Å². The molecule has 0 atom stereocenters. The van der Waals surface area contributed by atoms with Crippen molar-refractivity contribution in [3.05, 3.63) is 38.0 Å². The summed E-state index contributed by atoms with van der Waals surface area (Å²) < 4.78 is 0.510. The van der Waals surface area contributed by atoms with Crippen LogP contribution in [0.3, 0.4) is 0 Å². The maximum absolute atomic E-state index is 11.7. The number of amides is 1. The average molecular weight is 418 g/mol. The number of H-pyrrole nitrogens is 1. The van der Waals surface area contributed by atoms with E-state index in [0.29, 0.717) is 10.0 Å². The largest absolute Gasteiger partial charge is 0.506 e. The number of nitrogens with one attached hydrogen (secondary N) is 2. The number of aromatic hydroxyl groups is 2. The highest BCUT2D eigenvalue weighted by molar-refractivity contribution is 9.11. The Balaban J connectivity index is 2.14. The summed E-state index contributed by atoms with van der Waals surface area (Å²) in [5.41, 5.74) is 3.56. The lowest BCUT2D eigenvalue weighted by atomic mass is 10.2. The number of hydrogen-bond acceptors (Lipinski definition) is 5. The van der Waals surface area contributed by atoms with Crippen molar-refractivity contribution in [2.24, 2.45) is 5.10 Å². The molecule has 0 aliphatic heterocycles. The molecule has 0 bridgehead atoms. The first-order chi connectivity index (χ1) is 9.90. The van der Waals surface area contributed by atoms with Gasteiger partial charge in [0.25, 0.3) is 5.91 Å². The molecule has 110 valence electrons. The Kier molecular flexibility index (Phi) is 4.63. The Hall–Kier alpha value is -1.87. The number of phenolic OH excluding ortho intramolecular Hbond substituents is 2. The summed E-state index contributed by atoms with van der Waals surface area (Å²) in [6.07, 6.45) is 1.25. The van der Waals surface area contributed by atoms with Gasteiger partial charge in [0.1, 0.15) is 16.0 Å². The van der Waals surface area contributed by atoms with E-state index in [4.69, 9.17) is 0 Å². The maximum atomic E-state index is 11.7. The van der Waals surface area contributed by atoms with E-state index in [1.54, 1.807) is 13.0 Å². The van der Waals surface area contributed by atoms with Crippen LogP contribution in [-0.4, -0.2) is 32.5 Å². The minimum Gasteiger partial charge on any atom is -0.506 e. The second kappa shape index (κ2) is 6.27. The zero-order valence-electron chi connectivity index (χ0n) is 10.7. The van der Waals surface area contributed by atoms with Crippen LogP contribution in [0.15, 0.2) is 26.2 Å². The first-order valence-electron chi connectivity index (χ1n) is 5.65. The molecule has 0 radical (unpaired) electrons. The van der Waals surface area contributed by atoms with Crippen molar-refractivity contribution in [1.29, 1.82) is 0 Å². The maximum Gasteiger partial charge on any atom is 0.291 e. The standard InChI is InChI=1S/C12H10Br2N4O3/c1-5-2-8(17-16-5)12(21)18-15-4-6-3-7(13)11(20)9(14)10(6)19/h2-4,19-20H,1H3,(H,16,17)(H,18,21)/b15-4+. The van der Waals surface area contributed by atoms with Crippen LogP contribution in [0.5, 0.6) is 11.5 Å². The monoisotopic (exact) mass is 416 g/mol. The van der Waals surface area contributed by atoms with Crippen LogP contribution < -0.4 is 5.43 Å². The van der Waals surface area contributed by atoms with Crippen LogP contribution in [0, 0.1) is 6.92 Å². The van der Waals surface area contributed by atoms with Crippen molar-refractivity contribution in [1.82, 2.24) is 15.6 Å². The topological polar surface area (TPSA) is 111 Å². The number of hydrazone groups is 1. The highest BCUT2D eigenvalue weighted by atomic mass is 79.9. The molecule has 2 rings (SSSR count). The van der Waals surface area contributed by atoms with Gasteiger partial charge in [-0.1, -0.05) is 0 Å². The summed E-state index contributed by atoms with van der Waals surface area (Å²) in [7, 11) is 0. The highest BCUT2D eigenvalue weighted by Gasteiger charge is 2.13. The molecule has 7 nitrogen and oxygen atoms in total.